The fraction of sp³-hybridized carbons (Fsp3) is 0.190. The molecule has 0 atom stereocenters. The molecule has 5 N–H and O–H groups in total. The molecule has 0 spiro atoms. The second-order valence-corrected chi connectivity index (χ2v) is 6.73. The molecule has 30 heavy (non-hydrogen) atoms. The minimum absolute atomic E-state index is 0. The molecule has 0 unspecified atom stereocenters. The predicted octanol–water partition coefficient (Wildman–Crippen LogP) is 3.56. The topological polar surface area (TPSA) is 117 Å². The summed E-state index contributed by atoms with van der Waals surface area (Å²) in [7, 11) is 0. The monoisotopic (exact) mass is 449 g/mol. The second kappa shape index (κ2) is 10.7. The van der Waals surface area contributed by atoms with E-state index in [1.165, 1.54) is 6.07 Å². The lowest BCUT2D eigenvalue weighted by Gasteiger charge is -2.12. The molecule has 0 saturated carbocycles. The number of hydrogen-bond acceptors (Lipinski definition) is 4. The molecule has 1 aromatic heterocycles. The summed E-state index contributed by atoms with van der Waals surface area (Å²) >= 11 is 0. The third-order valence-corrected chi connectivity index (χ3v) is 4.63. The van der Waals surface area contributed by atoms with Gasteiger partial charge >= 0.3 is 0 Å². The number of phenols is 1. The number of halogens is 2. The van der Waals surface area contributed by atoms with E-state index in [1.54, 1.807) is 18.3 Å². The minimum Gasteiger partial charge on any atom is -0.508 e. The summed E-state index contributed by atoms with van der Waals surface area (Å²) in [5, 5.41) is 20.3. The fourth-order valence-electron chi connectivity index (χ4n) is 2.98. The molecule has 0 fully saturated rings. The van der Waals surface area contributed by atoms with Gasteiger partial charge in [0.1, 0.15) is 17.4 Å². The molecular formula is C21H25Cl2N5O2. The molecule has 0 saturated heterocycles. The second-order valence-electron chi connectivity index (χ2n) is 6.73. The van der Waals surface area contributed by atoms with Gasteiger partial charge in [0, 0.05) is 35.8 Å². The van der Waals surface area contributed by atoms with E-state index in [2.05, 4.69) is 14.9 Å². The number of nitrogen functional groups attached to an aromatic ring is 1. The van der Waals surface area contributed by atoms with Crippen molar-refractivity contribution in [2.24, 2.45) is 5.73 Å². The van der Waals surface area contributed by atoms with Gasteiger partial charge in [-0.15, -0.1) is 24.8 Å². The van der Waals surface area contributed by atoms with Crippen molar-refractivity contribution in [2.45, 2.75) is 26.8 Å². The van der Waals surface area contributed by atoms with E-state index < -0.39 is 0 Å². The molecule has 1 heterocycles. The number of imidazole rings is 1. The molecule has 0 aliphatic rings. The normalized spacial score (nSPS) is 9.93. The van der Waals surface area contributed by atoms with Crippen molar-refractivity contribution in [1.29, 1.82) is 5.41 Å². The number of anilines is 1. The summed E-state index contributed by atoms with van der Waals surface area (Å²) in [5.41, 5.74) is 9.26. The number of aryl methyl sites for hydroxylation is 2. The lowest BCUT2D eigenvalue weighted by molar-refractivity contribution is -0.115. The number of carbonyl (C=O) groups excluding carboxylic acids is 1. The lowest BCUT2D eigenvalue weighted by atomic mass is 10.1. The Morgan fingerprint density at radius 1 is 1.17 bits per heavy atom. The Bertz CT molecular complexity index is 1050. The highest BCUT2D eigenvalue weighted by molar-refractivity contribution is 5.96. The van der Waals surface area contributed by atoms with Crippen LogP contribution in [0.2, 0.25) is 0 Å². The van der Waals surface area contributed by atoms with Crippen LogP contribution in [0, 0.1) is 19.3 Å². The Morgan fingerprint density at radius 2 is 1.90 bits per heavy atom. The van der Waals surface area contributed by atoms with Crippen LogP contribution in [0.25, 0.3) is 0 Å². The number of hydrogen-bond donors (Lipinski definition) is 4. The molecule has 0 aliphatic carbocycles. The zero-order valence-electron chi connectivity index (χ0n) is 16.7. The highest BCUT2D eigenvalue weighted by Gasteiger charge is 2.11. The van der Waals surface area contributed by atoms with Crippen LogP contribution in [0.4, 0.5) is 5.69 Å². The third kappa shape index (κ3) is 5.98. The highest BCUT2D eigenvalue weighted by atomic mass is 35.5. The van der Waals surface area contributed by atoms with E-state index in [-0.39, 0.29) is 48.7 Å². The smallest absolute Gasteiger partial charge is 0.228 e. The minimum atomic E-state index is -0.256. The fourth-order valence-corrected chi connectivity index (χ4v) is 2.98. The van der Waals surface area contributed by atoms with Crippen LogP contribution in [-0.2, 0) is 17.8 Å². The van der Waals surface area contributed by atoms with Gasteiger partial charge in [-0.1, -0.05) is 6.07 Å². The maximum Gasteiger partial charge on any atom is 0.228 e. The summed E-state index contributed by atoms with van der Waals surface area (Å²) in [6.45, 7) is 4.68. The zero-order chi connectivity index (χ0) is 20.3. The summed E-state index contributed by atoms with van der Waals surface area (Å²) in [4.78, 5) is 16.6. The summed E-state index contributed by atoms with van der Waals surface area (Å²) in [5.74, 6) is 0.585. The van der Waals surface area contributed by atoms with Gasteiger partial charge in [0.2, 0.25) is 5.91 Å². The SMILES string of the molecule is Cc1cc(NC(=O)Cc2cc(C(=N)N)ccc2O)ccc1Cn1ccnc1C.Cl.Cl. The largest absolute Gasteiger partial charge is 0.508 e. The van der Waals surface area contributed by atoms with Crippen molar-refractivity contribution >= 4 is 42.2 Å². The van der Waals surface area contributed by atoms with Crippen LogP contribution in [0.15, 0.2) is 48.8 Å². The number of amides is 1. The Labute approximate surface area is 187 Å². The van der Waals surface area contributed by atoms with Gasteiger partial charge in [-0.2, -0.15) is 0 Å². The zero-order valence-corrected chi connectivity index (χ0v) is 18.3. The first-order chi connectivity index (χ1) is 13.3. The van der Waals surface area contributed by atoms with E-state index in [9.17, 15) is 9.90 Å². The molecular weight excluding hydrogens is 425 g/mol. The molecule has 3 aromatic rings. The standard InChI is InChI=1S/C21H23N5O2.2ClH/c1-13-9-18(5-3-16(13)12-26-8-7-24-14(26)2)25-20(28)11-17-10-15(21(22)23)4-6-19(17)27;;/h3-10,27H,11-12H2,1-2H3,(H3,22,23)(H,25,28);2*1H. The van der Waals surface area contributed by atoms with E-state index in [4.69, 9.17) is 11.1 Å². The van der Waals surface area contributed by atoms with Crippen LogP contribution in [0.5, 0.6) is 5.75 Å². The number of amidine groups is 1. The maximum atomic E-state index is 12.4. The molecule has 3 rings (SSSR count). The molecule has 2 aromatic carbocycles. The highest BCUT2D eigenvalue weighted by Crippen LogP contribution is 2.21. The quantitative estimate of drug-likeness (QED) is 0.339. The van der Waals surface area contributed by atoms with Gasteiger partial charge in [-0.05, 0) is 55.3 Å². The molecule has 9 heteroatoms. The Balaban J connectivity index is 0.00000225. The first kappa shape index (κ1) is 25.0. The molecule has 160 valence electrons. The molecule has 1 amide bonds. The number of nitrogens with two attached hydrogens (primary N) is 1. The van der Waals surface area contributed by atoms with Crippen molar-refractivity contribution < 1.29 is 9.90 Å². The molecule has 0 bridgehead atoms. The number of aromatic nitrogens is 2. The Morgan fingerprint density at radius 3 is 2.50 bits per heavy atom. The molecule has 7 nitrogen and oxygen atoms in total. The van der Waals surface area contributed by atoms with Crippen LogP contribution < -0.4 is 11.1 Å². The van der Waals surface area contributed by atoms with Crippen molar-refractivity contribution in [3.63, 3.8) is 0 Å². The molecule has 0 radical (unpaired) electrons. The van der Waals surface area contributed by atoms with Crippen LogP contribution in [-0.4, -0.2) is 26.4 Å². The van der Waals surface area contributed by atoms with E-state index >= 15 is 0 Å². The van der Waals surface area contributed by atoms with Crippen molar-refractivity contribution in [3.05, 3.63) is 76.9 Å². The van der Waals surface area contributed by atoms with Gasteiger partial charge in [0.15, 0.2) is 0 Å². The van der Waals surface area contributed by atoms with Crippen molar-refractivity contribution in [3.8, 4) is 5.75 Å². The van der Waals surface area contributed by atoms with Gasteiger partial charge in [0.25, 0.3) is 0 Å². The van der Waals surface area contributed by atoms with Crippen molar-refractivity contribution in [2.75, 3.05) is 5.32 Å². The van der Waals surface area contributed by atoms with Crippen LogP contribution >= 0.6 is 24.8 Å². The Kier molecular flexibility index (Phi) is 8.89. The average Bonchev–Trinajstić information content (AvgIpc) is 3.03. The first-order valence-corrected chi connectivity index (χ1v) is 8.87. The van der Waals surface area contributed by atoms with Gasteiger partial charge in [-0.25, -0.2) is 4.98 Å². The number of phenolic OH excluding ortho intramolecular Hbond substituents is 1. The van der Waals surface area contributed by atoms with Gasteiger partial charge in [-0.3, -0.25) is 10.2 Å². The van der Waals surface area contributed by atoms with Crippen molar-refractivity contribution in [1.82, 2.24) is 9.55 Å². The number of carbonyl (C=O) groups is 1. The number of nitrogens with one attached hydrogen (secondary N) is 2. The van der Waals surface area contributed by atoms with Crippen LogP contribution in [0.3, 0.4) is 0 Å². The van der Waals surface area contributed by atoms with Crippen LogP contribution in [0.1, 0.15) is 28.1 Å². The maximum absolute atomic E-state index is 12.4. The summed E-state index contributed by atoms with van der Waals surface area (Å²) < 4.78 is 2.06. The van der Waals surface area contributed by atoms with E-state index in [0.29, 0.717) is 16.8 Å². The number of nitrogens with zero attached hydrogens (tertiary/aromatic N) is 2. The lowest BCUT2D eigenvalue weighted by Crippen LogP contribution is -2.16. The third-order valence-electron chi connectivity index (χ3n) is 4.63. The van der Waals surface area contributed by atoms with Gasteiger partial charge in [0.05, 0.1) is 6.42 Å². The van der Waals surface area contributed by atoms with Gasteiger partial charge < -0.3 is 20.7 Å². The summed E-state index contributed by atoms with van der Waals surface area (Å²) in [6, 6.07) is 10.3. The predicted molar refractivity (Wildman–Crippen MR) is 123 cm³/mol. The van der Waals surface area contributed by atoms with E-state index in [0.717, 1.165) is 23.5 Å². The number of benzene rings is 2. The number of rotatable bonds is 6. The van der Waals surface area contributed by atoms with E-state index in [1.807, 2.05) is 38.2 Å². The molecule has 0 aliphatic heterocycles. The first-order valence-electron chi connectivity index (χ1n) is 8.87. The number of aromatic hydroxyl groups is 1. The Hall–Kier alpha value is -3.03. The average molecular weight is 450 g/mol. The summed E-state index contributed by atoms with van der Waals surface area (Å²) in [6.07, 6.45) is 3.70.